The summed E-state index contributed by atoms with van der Waals surface area (Å²) in [7, 11) is 0. The molecule has 128 valence electrons. The van der Waals surface area contributed by atoms with Gasteiger partial charge in [-0.1, -0.05) is 36.8 Å². The minimum atomic E-state index is -4.90. The number of hydrogen-bond donors (Lipinski definition) is 3. The molecule has 1 aliphatic rings. The molecule has 1 aromatic carbocycles. The Kier molecular flexibility index (Phi) is 5.31. The highest BCUT2D eigenvalue weighted by Gasteiger charge is 2.55. The van der Waals surface area contributed by atoms with Crippen molar-refractivity contribution < 1.29 is 23.1 Å². The molecular formula is C16H21F3N2O2. The van der Waals surface area contributed by atoms with Crippen molar-refractivity contribution in [2.75, 3.05) is 6.54 Å². The Morgan fingerprint density at radius 3 is 2.43 bits per heavy atom. The summed E-state index contributed by atoms with van der Waals surface area (Å²) in [6.07, 6.45) is -2.25. The third-order valence-corrected chi connectivity index (χ3v) is 4.43. The lowest BCUT2D eigenvalue weighted by molar-refractivity contribution is -0.264. The van der Waals surface area contributed by atoms with Gasteiger partial charge in [0.05, 0.1) is 6.54 Å². The zero-order chi connectivity index (χ0) is 17.1. The van der Waals surface area contributed by atoms with E-state index in [2.05, 4.69) is 5.32 Å². The average Bonchev–Trinajstić information content (AvgIpc) is 2.89. The van der Waals surface area contributed by atoms with Crippen LogP contribution < -0.4 is 11.1 Å². The van der Waals surface area contributed by atoms with E-state index in [4.69, 9.17) is 5.73 Å². The van der Waals surface area contributed by atoms with E-state index in [1.165, 1.54) is 24.3 Å². The number of benzene rings is 1. The van der Waals surface area contributed by atoms with Gasteiger partial charge in [-0.2, -0.15) is 13.2 Å². The van der Waals surface area contributed by atoms with Gasteiger partial charge in [0.25, 0.3) is 0 Å². The molecule has 1 amide bonds. The summed E-state index contributed by atoms with van der Waals surface area (Å²) in [6.45, 7) is -0.915. The summed E-state index contributed by atoms with van der Waals surface area (Å²) >= 11 is 0. The first-order valence-corrected chi connectivity index (χ1v) is 7.61. The summed E-state index contributed by atoms with van der Waals surface area (Å²) < 4.78 is 39.9. The molecule has 0 bridgehead atoms. The highest BCUT2D eigenvalue weighted by atomic mass is 19.4. The molecule has 7 heteroatoms. The number of halogens is 3. The molecule has 0 saturated heterocycles. The van der Waals surface area contributed by atoms with Gasteiger partial charge in [-0.05, 0) is 24.3 Å². The Morgan fingerprint density at radius 2 is 1.91 bits per heavy atom. The molecule has 3 atom stereocenters. The zero-order valence-electron chi connectivity index (χ0n) is 12.6. The summed E-state index contributed by atoms with van der Waals surface area (Å²) in [5.74, 6) is -0.531. The Morgan fingerprint density at radius 1 is 1.26 bits per heavy atom. The standard InChI is InChI=1S/C16H21F3N2O2/c17-16(18,19)15(23,12-6-2-1-3-7-12)10-21-14(22)9-11-5-4-8-13(11)20/h1-3,6-7,11,13,23H,4-5,8-10,20H2,(H,21,22)/t11-,13+,15?/m0/s1. The van der Waals surface area contributed by atoms with Crippen molar-refractivity contribution in [3.63, 3.8) is 0 Å². The van der Waals surface area contributed by atoms with Crippen molar-refractivity contribution >= 4 is 5.91 Å². The molecule has 2 rings (SSSR count). The van der Waals surface area contributed by atoms with Crippen molar-refractivity contribution in [1.82, 2.24) is 5.32 Å². The van der Waals surface area contributed by atoms with Crippen LogP contribution in [0.5, 0.6) is 0 Å². The Labute approximate surface area is 132 Å². The molecule has 1 fully saturated rings. The quantitative estimate of drug-likeness (QED) is 0.774. The molecule has 0 spiro atoms. The first kappa shape index (κ1) is 17.7. The van der Waals surface area contributed by atoms with Gasteiger partial charge < -0.3 is 16.2 Å². The number of aliphatic hydroxyl groups is 1. The maximum atomic E-state index is 13.3. The number of alkyl halides is 3. The maximum Gasteiger partial charge on any atom is 0.423 e. The normalized spacial score (nSPS) is 24.2. The molecule has 1 aliphatic carbocycles. The van der Waals surface area contributed by atoms with Gasteiger partial charge in [-0.25, -0.2) is 0 Å². The van der Waals surface area contributed by atoms with E-state index < -0.39 is 24.2 Å². The smallest absolute Gasteiger partial charge is 0.375 e. The summed E-state index contributed by atoms with van der Waals surface area (Å²) in [5.41, 5.74) is 2.45. The summed E-state index contributed by atoms with van der Waals surface area (Å²) in [6, 6.07) is 6.66. The number of carbonyl (C=O) groups is 1. The summed E-state index contributed by atoms with van der Waals surface area (Å²) in [4.78, 5) is 11.9. The highest BCUT2D eigenvalue weighted by molar-refractivity contribution is 5.76. The van der Waals surface area contributed by atoms with Crippen LogP contribution in [-0.4, -0.2) is 29.8 Å². The predicted octanol–water partition coefficient (Wildman–Crippen LogP) is 2.07. The van der Waals surface area contributed by atoms with E-state index in [1.807, 2.05) is 0 Å². The minimum absolute atomic E-state index is 0.00861. The molecular weight excluding hydrogens is 309 g/mol. The Bertz CT molecular complexity index is 536. The zero-order valence-corrected chi connectivity index (χ0v) is 12.6. The molecule has 0 aliphatic heterocycles. The van der Waals surface area contributed by atoms with Crippen LogP contribution in [0.1, 0.15) is 31.2 Å². The van der Waals surface area contributed by atoms with Crippen LogP contribution in [-0.2, 0) is 10.4 Å². The van der Waals surface area contributed by atoms with Crippen LogP contribution in [0.15, 0.2) is 30.3 Å². The third-order valence-electron chi connectivity index (χ3n) is 4.43. The van der Waals surface area contributed by atoms with Gasteiger partial charge in [-0.15, -0.1) is 0 Å². The van der Waals surface area contributed by atoms with Crippen LogP contribution in [0.25, 0.3) is 0 Å². The molecule has 23 heavy (non-hydrogen) atoms. The second kappa shape index (κ2) is 6.88. The van der Waals surface area contributed by atoms with Crippen LogP contribution in [0.3, 0.4) is 0 Å². The molecule has 4 nitrogen and oxygen atoms in total. The minimum Gasteiger partial charge on any atom is -0.375 e. The summed E-state index contributed by atoms with van der Waals surface area (Å²) in [5, 5.41) is 12.3. The second-order valence-electron chi connectivity index (χ2n) is 6.06. The van der Waals surface area contributed by atoms with E-state index in [9.17, 15) is 23.1 Å². The number of amides is 1. The van der Waals surface area contributed by atoms with Crippen molar-refractivity contribution in [2.45, 2.75) is 43.5 Å². The van der Waals surface area contributed by atoms with Crippen molar-refractivity contribution in [2.24, 2.45) is 11.7 Å². The van der Waals surface area contributed by atoms with E-state index in [0.29, 0.717) is 0 Å². The fourth-order valence-electron chi connectivity index (χ4n) is 2.94. The fraction of sp³-hybridized carbons (Fsp3) is 0.562. The van der Waals surface area contributed by atoms with Gasteiger partial charge in [0.1, 0.15) is 0 Å². The van der Waals surface area contributed by atoms with Crippen molar-refractivity contribution in [3.8, 4) is 0 Å². The lowest BCUT2D eigenvalue weighted by Gasteiger charge is -2.31. The average molecular weight is 330 g/mol. The molecule has 4 N–H and O–H groups in total. The fourth-order valence-corrected chi connectivity index (χ4v) is 2.94. The topological polar surface area (TPSA) is 75.4 Å². The highest BCUT2D eigenvalue weighted by Crippen LogP contribution is 2.38. The van der Waals surface area contributed by atoms with Crippen molar-refractivity contribution in [1.29, 1.82) is 0 Å². The van der Waals surface area contributed by atoms with Gasteiger partial charge in [0.15, 0.2) is 0 Å². The van der Waals surface area contributed by atoms with Crippen LogP contribution >= 0.6 is 0 Å². The molecule has 0 radical (unpaired) electrons. The maximum absolute atomic E-state index is 13.3. The van der Waals surface area contributed by atoms with E-state index in [-0.39, 0.29) is 23.9 Å². The lowest BCUT2D eigenvalue weighted by atomic mass is 9.92. The van der Waals surface area contributed by atoms with Gasteiger partial charge in [0.2, 0.25) is 11.5 Å². The molecule has 1 aromatic rings. The van der Waals surface area contributed by atoms with E-state index in [1.54, 1.807) is 6.07 Å². The first-order chi connectivity index (χ1) is 10.7. The molecule has 1 saturated carbocycles. The van der Waals surface area contributed by atoms with Gasteiger partial charge in [-0.3, -0.25) is 4.79 Å². The molecule has 1 unspecified atom stereocenters. The van der Waals surface area contributed by atoms with Crippen LogP contribution in [0.2, 0.25) is 0 Å². The molecule has 0 heterocycles. The Hall–Kier alpha value is -1.60. The number of hydrogen-bond acceptors (Lipinski definition) is 3. The predicted molar refractivity (Wildman–Crippen MR) is 79.3 cm³/mol. The SMILES string of the molecule is N[C@@H]1CCC[C@H]1CC(=O)NCC(O)(c1ccccc1)C(F)(F)F. The monoisotopic (exact) mass is 330 g/mol. The van der Waals surface area contributed by atoms with Crippen LogP contribution in [0, 0.1) is 5.92 Å². The van der Waals surface area contributed by atoms with E-state index in [0.717, 1.165) is 19.3 Å². The number of carbonyl (C=O) groups excluding carboxylic acids is 1. The van der Waals surface area contributed by atoms with Crippen LogP contribution in [0.4, 0.5) is 13.2 Å². The van der Waals surface area contributed by atoms with E-state index >= 15 is 0 Å². The van der Waals surface area contributed by atoms with Crippen molar-refractivity contribution in [3.05, 3.63) is 35.9 Å². The largest absolute Gasteiger partial charge is 0.423 e. The lowest BCUT2D eigenvalue weighted by Crippen LogP contribution is -2.51. The number of nitrogens with two attached hydrogens (primary N) is 1. The molecule has 0 aromatic heterocycles. The third kappa shape index (κ3) is 4.03. The van der Waals surface area contributed by atoms with Gasteiger partial charge in [0, 0.05) is 12.5 Å². The van der Waals surface area contributed by atoms with Gasteiger partial charge >= 0.3 is 6.18 Å². The number of nitrogens with one attached hydrogen (secondary N) is 1. The number of rotatable bonds is 5. The second-order valence-corrected chi connectivity index (χ2v) is 6.06. The first-order valence-electron chi connectivity index (χ1n) is 7.61. The Balaban J connectivity index is 2.03.